The first-order valence-electron chi connectivity index (χ1n) is 5.18. The first-order chi connectivity index (χ1) is 6.83. The van der Waals surface area contributed by atoms with Gasteiger partial charge in [0, 0.05) is 4.91 Å². The highest BCUT2D eigenvalue weighted by atomic mass is 32.2. The van der Waals surface area contributed by atoms with Crippen molar-refractivity contribution in [2.75, 3.05) is 5.75 Å². The van der Waals surface area contributed by atoms with Crippen LogP contribution < -0.4 is 0 Å². The molecule has 0 amide bonds. The maximum atomic E-state index is 4.01. The van der Waals surface area contributed by atoms with Gasteiger partial charge in [0.2, 0.25) is 0 Å². The van der Waals surface area contributed by atoms with Gasteiger partial charge in [-0.2, -0.15) is 0 Å². The normalized spacial score (nSPS) is 15.9. The molecule has 1 heteroatoms. The van der Waals surface area contributed by atoms with E-state index in [2.05, 4.69) is 43.9 Å². The maximum Gasteiger partial charge on any atom is 0.00000668 e. The predicted molar refractivity (Wildman–Crippen MR) is 67.5 cm³/mol. The van der Waals surface area contributed by atoms with Gasteiger partial charge in [-0.05, 0) is 36.7 Å². The summed E-state index contributed by atoms with van der Waals surface area (Å²) >= 11 is 1.84. The van der Waals surface area contributed by atoms with Crippen molar-refractivity contribution < 1.29 is 0 Å². The van der Waals surface area contributed by atoms with Crippen LogP contribution in [0.5, 0.6) is 0 Å². The van der Waals surface area contributed by atoms with Crippen LogP contribution in [0.3, 0.4) is 0 Å². The summed E-state index contributed by atoms with van der Waals surface area (Å²) in [5.74, 6) is 1.17. The lowest BCUT2D eigenvalue weighted by Gasteiger charge is -2.03. The van der Waals surface area contributed by atoms with Gasteiger partial charge in [-0.1, -0.05) is 37.8 Å². The SMILES string of the molecule is C=C(/C=C/C1=CC=CCC1)SCCC. The fraction of sp³-hybridized carbons (Fsp3) is 0.385. The molecule has 0 unspecified atom stereocenters. The molecule has 0 N–H and O–H groups in total. The minimum absolute atomic E-state index is 1.17. The molecule has 1 rings (SSSR count). The van der Waals surface area contributed by atoms with Crippen molar-refractivity contribution in [3.8, 4) is 0 Å². The summed E-state index contributed by atoms with van der Waals surface area (Å²) in [6, 6.07) is 0. The molecule has 0 saturated carbocycles. The van der Waals surface area contributed by atoms with Crippen LogP contribution in [-0.4, -0.2) is 5.75 Å². The van der Waals surface area contributed by atoms with Gasteiger partial charge >= 0.3 is 0 Å². The highest BCUT2D eigenvalue weighted by molar-refractivity contribution is 8.03. The lowest BCUT2D eigenvalue weighted by atomic mass is 10.1. The third-order valence-electron chi connectivity index (χ3n) is 2.02. The molecule has 0 spiro atoms. The third-order valence-corrected chi connectivity index (χ3v) is 3.14. The quantitative estimate of drug-likeness (QED) is 0.598. The van der Waals surface area contributed by atoms with E-state index in [0.29, 0.717) is 0 Å². The fourth-order valence-corrected chi connectivity index (χ4v) is 1.87. The van der Waals surface area contributed by atoms with Crippen molar-refractivity contribution in [1.82, 2.24) is 0 Å². The fourth-order valence-electron chi connectivity index (χ4n) is 1.24. The van der Waals surface area contributed by atoms with Crippen molar-refractivity contribution in [3.63, 3.8) is 0 Å². The summed E-state index contributed by atoms with van der Waals surface area (Å²) in [6.45, 7) is 6.20. The minimum Gasteiger partial charge on any atom is -0.127 e. The van der Waals surface area contributed by atoms with Gasteiger partial charge in [0.1, 0.15) is 0 Å². The van der Waals surface area contributed by atoms with Gasteiger partial charge < -0.3 is 0 Å². The van der Waals surface area contributed by atoms with Crippen molar-refractivity contribution >= 4 is 11.8 Å². The molecule has 0 nitrogen and oxygen atoms in total. The molecule has 0 fully saturated rings. The van der Waals surface area contributed by atoms with Gasteiger partial charge in [-0.25, -0.2) is 0 Å². The zero-order valence-corrected chi connectivity index (χ0v) is 9.65. The number of hydrogen-bond donors (Lipinski definition) is 0. The average molecular weight is 206 g/mol. The second-order valence-electron chi connectivity index (χ2n) is 3.36. The first kappa shape index (κ1) is 11.4. The second kappa shape index (κ2) is 6.72. The molecule has 0 atom stereocenters. The van der Waals surface area contributed by atoms with Crippen molar-refractivity contribution in [1.29, 1.82) is 0 Å². The molecule has 0 aromatic rings. The molecule has 1 aliphatic carbocycles. The monoisotopic (exact) mass is 206 g/mol. The van der Waals surface area contributed by atoms with Gasteiger partial charge in [-0.3, -0.25) is 0 Å². The van der Waals surface area contributed by atoms with Crippen LogP contribution in [0.15, 0.2) is 47.4 Å². The Bertz CT molecular complexity index is 269. The summed E-state index contributed by atoms with van der Waals surface area (Å²) in [5, 5.41) is 0. The Morgan fingerprint density at radius 1 is 1.64 bits per heavy atom. The Morgan fingerprint density at radius 3 is 3.14 bits per heavy atom. The van der Waals surface area contributed by atoms with Gasteiger partial charge in [0.05, 0.1) is 0 Å². The molecule has 0 aromatic heterocycles. The summed E-state index contributed by atoms with van der Waals surface area (Å²) in [7, 11) is 0. The van der Waals surface area contributed by atoms with Gasteiger partial charge in [-0.15, -0.1) is 11.8 Å². The highest BCUT2D eigenvalue weighted by Crippen LogP contribution is 2.18. The Balaban J connectivity index is 2.34. The van der Waals surface area contributed by atoms with Crippen LogP contribution in [0.4, 0.5) is 0 Å². The van der Waals surface area contributed by atoms with Crippen LogP contribution in [0.2, 0.25) is 0 Å². The van der Waals surface area contributed by atoms with Crippen molar-refractivity contribution in [2.45, 2.75) is 26.2 Å². The Kier molecular flexibility index (Phi) is 5.46. The molecular formula is C13H18S. The molecule has 0 bridgehead atoms. The van der Waals surface area contributed by atoms with Gasteiger partial charge in [0.25, 0.3) is 0 Å². The second-order valence-corrected chi connectivity index (χ2v) is 4.58. The van der Waals surface area contributed by atoms with Gasteiger partial charge in [0.15, 0.2) is 0 Å². The smallest absolute Gasteiger partial charge is 0.00000668 e. The summed E-state index contributed by atoms with van der Waals surface area (Å²) in [4.78, 5) is 1.17. The van der Waals surface area contributed by atoms with Crippen LogP contribution in [-0.2, 0) is 0 Å². The van der Waals surface area contributed by atoms with Crippen LogP contribution in [0.1, 0.15) is 26.2 Å². The Labute approximate surface area is 91.5 Å². The molecule has 14 heavy (non-hydrogen) atoms. The molecule has 0 aromatic carbocycles. The first-order valence-corrected chi connectivity index (χ1v) is 6.17. The Hall–Kier alpha value is -0.690. The zero-order valence-electron chi connectivity index (χ0n) is 8.83. The molecule has 0 heterocycles. The zero-order chi connectivity index (χ0) is 10.2. The molecule has 0 radical (unpaired) electrons. The maximum absolute atomic E-state index is 4.01. The lowest BCUT2D eigenvalue weighted by molar-refractivity contribution is 0.991. The highest BCUT2D eigenvalue weighted by Gasteiger charge is 1.95. The van der Waals surface area contributed by atoms with E-state index in [1.165, 1.54) is 35.5 Å². The van der Waals surface area contributed by atoms with E-state index in [-0.39, 0.29) is 0 Å². The standard InChI is InChI=1S/C13H18S/c1-3-11-14-12(2)9-10-13-7-5-4-6-8-13/h4-5,7,9-10H,2-3,6,8,11H2,1H3/b10-9+. The summed E-state index contributed by atoms with van der Waals surface area (Å²) in [5.41, 5.74) is 1.41. The molecule has 76 valence electrons. The third kappa shape index (κ3) is 4.52. The Morgan fingerprint density at radius 2 is 2.50 bits per heavy atom. The predicted octanol–water partition coefficient (Wildman–Crippen LogP) is 4.48. The largest absolute Gasteiger partial charge is 0.127 e. The minimum atomic E-state index is 1.17. The summed E-state index contributed by atoms with van der Waals surface area (Å²) in [6.07, 6.45) is 14.4. The molecule has 0 saturated heterocycles. The summed E-state index contributed by atoms with van der Waals surface area (Å²) < 4.78 is 0. The van der Waals surface area contributed by atoms with E-state index < -0.39 is 0 Å². The number of allylic oxidation sites excluding steroid dienone is 6. The van der Waals surface area contributed by atoms with E-state index in [4.69, 9.17) is 0 Å². The van der Waals surface area contributed by atoms with E-state index in [0.717, 1.165) is 0 Å². The van der Waals surface area contributed by atoms with Crippen molar-refractivity contribution in [2.24, 2.45) is 0 Å². The van der Waals surface area contributed by atoms with Crippen LogP contribution in [0, 0.1) is 0 Å². The lowest BCUT2D eigenvalue weighted by Crippen LogP contribution is -1.82. The van der Waals surface area contributed by atoms with Crippen LogP contribution >= 0.6 is 11.8 Å². The number of thioether (sulfide) groups is 1. The van der Waals surface area contributed by atoms with E-state index in [1.54, 1.807) is 0 Å². The molecular weight excluding hydrogens is 188 g/mol. The van der Waals surface area contributed by atoms with E-state index in [1.807, 2.05) is 11.8 Å². The molecule has 0 aliphatic heterocycles. The van der Waals surface area contributed by atoms with E-state index >= 15 is 0 Å². The average Bonchev–Trinajstić information content (AvgIpc) is 2.25. The molecule has 1 aliphatic rings. The van der Waals surface area contributed by atoms with E-state index in [9.17, 15) is 0 Å². The number of rotatable bonds is 5. The topological polar surface area (TPSA) is 0 Å². The number of hydrogen-bond acceptors (Lipinski definition) is 1. The van der Waals surface area contributed by atoms with Crippen LogP contribution in [0.25, 0.3) is 0 Å². The van der Waals surface area contributed by atoms with Crippen molar-refractivity contribution in [3.05, 3.63) is 47.4 Å².